The van der Waals surface area contributed by atoms with Crippen LogP contribution >= 0.6 is 0 Å². The van der Waals surface area contributed by atoms with Crippen LogP contribution in [0.2, 0.25) is 0 Å². The van der Waals surface area contributed by atoms with Gasteiger partial charge in [0.15, 0.2) is 5.82 Å². The average Bonchev–Trinajstić information content (AvgIpc) is 2.89. The molecule has 1 fully saturated rings. The molecule has 2 aromatic rings. The normalized spacial score (nSPS) is 17.1. The molecule has 0 atom stereocenters. The van der Waals surface area contributed by atoms with Gasteiger partial charge >= 0.3 is 0 Å². The zero-order chi connectivity index (χ0) is 16.8. The van der Waals surface area contributed by atoms with Gasteiger partial charge in [0, 0.05) is 26.2 Å². The smallest absolute Gasteiger partial charge is 0.165 e. The van der Waals surface area contributed by atoms with E-state index < -0.39 is 0 Å². The first-order valence-corrected chi connectivity index (χ1v) is 8.69. The number of halogens is 1. The molecule has 7 heteroatoms. The van der Waals surface area contributed by atoms with Gasteiger partial charge in [-0.1, -0.05) is 19.1 Å². The zero-order valence-electron chi connectivity index (χ0n) is 14.2. The molecule has 1 aliphatic rings. The van der Waals surface area contributed by atoms with E-state index in [4.69, 9.17) is 0 Å². The van der Waals surface area contributed by atoms with Gasteiger partial charge in [-0.25, -0.2) is 9.07 Å². The molecule has 1 aliphatic heterocycles. The van der Waals surface area contributed by atoms with E-state index >= 15 is 0 Å². The van der Waals surface area contributed by atoms with Crippen LogP contribution in [0, 0.1) is 5.82 Å². The summed E-state index contributed by atoms with van der Waals surface area (Å²) >= 11 is 0. The van der Waals surface area contributed by atoms with Gasteiger partial charge in [-0.2, -0.15) is 0 Å². The highest BCUT2D eigenvalue weighted by Gasteiger charge is 2.17. The van der Waals surface area contributed by atoms with E-state index in [1.54, 1.807) is 0 Å². The summed E-state index contributed by atoms with van der Waals surface area (Å²) in [6, 6.07) is 6.81. The van der Waals surface area contributed by atoms with Crippen molar-refractivity contribution >= 4 is 0 Å². The largest absolute Gasteiger partial charge is 0.298 e. The van der Waals surface area contributed by atoms with Gasteiger partial charge in [0.05, 0.1) is 6.54 Å². The van der Waals surface area contributed by atoms with Crippen molar-refractivity contribution in [1.82, 2.24) is 30.0 Å². The minimum absolute atomic E-state index is 0.175. The number of hydrogen-bond acceptors (Lipinski definition) is 5. The molecule has 24 heavy (non-hydrogen) atoms. The molecule has 6 nitrogen and oxygen atoms in total. The predicted molar refractivity (Wildman–Crippen MR) is 89.7 cm³/mol. The molecule has 1 aromatic heterocycles. The molecule has 1 aromatic carbocycles. The Hall–Kier alpha value is -1.86. The molecule has 1 saturated heterocycles. The monoisotopic (exact) mass is 332 g/mol. The minimum atomic E-state index is -0.175. The number of nitrogens with zero attached hydrogens (tertiary/aromatic N) is 6. The van der Waals surface area contributed by atoms with Gasteiger partial charge in [0.25, 0.3) is 0 Å². The van der Waals surface area contributed by atoms with Crippen molar-refractivity contribution in [3.05, 3.63) is 41.5 Å². The second-order valence-corrected chi connectivity index (χ2v) is 6.35. The molecular formula is C17H25FN6. The predicted octanol–water partition coefficient (Wildman–Crippen LogP) is 1.93. The molecule has 0 unspecified atom stereocenters. The Bertz CT molecular complexity index is 626. The zero-order valence-corrected chi connectivity index (χ0v) is 14.2. The Morgan fingerprint density at radius 1 is 1.00 bits per heavy atom. The Morgan fingerprint density at radius 3 is 2.42 bits per heavy atom. The standard InChI is InChI=1S/C17H25FN6/c1-2-8-24-17(19-20-21-24)14-23-10-3-9-22(11-12-23)13-15-4-6-16(18)7-5-15/h4-7H,2-3,8-14H2,1H3. The third-order valence-corrected chi connectivity index (χ3v) is 4.41. The van der Waals surface area contributed by atoms with E-state index in [0.717, 1.165) is 70.0 Å². The summed E-state index contributed by atoms with van der Waals surface area (Å²) in [5.41, 5.74) is 1.16. The quantitative estimate of drug-likeness (QED) is 0.809. The molecule has 0 aliphatic carbocycles. The fourth-order valence-electron chi connectivity index (χ4n) is 3.11. The molecule has 0 amide bonds. The van der Waals surface area contributed by atoms with Crippen LogP contribution in [0.4, 0.5) is 4.39 Å². The fourth-order valence-corrected chi connectivity index (χ4v) is 3.11. The molecule has 0 N–H and O–H groups in total. The lowest BCUT2D eigenvalue weighted by molar-refractivity contribution is 0.240. The molecule has 0 saturated carbocycles. The Morgan fingerprint density at radius 2 is 1.71 bits per heavy atom. The Balaban J connectivity index is 1.53. The first-order chi connectivity index (χ1) is 11.7. The summed E-state index contributed by atoms with van der Waals surface area (Å²) in [4.78, 5) is 4.85. The van der Waals surface area contributed by atoms with Crippen LogP contribution in [-0.4, -0.2) is 56.2 Å². The summed E-state index contributed by atoms with van der Waals surface area (Å²) in [5, 5.41) is 12.0. The van der Waals surface area contributed by atoms with Crippen molar-refractivity contribution in [2.45, 2.75) is 39.4 Å². The minimum Gasteiger partial charge on any atom is -0.298 e. The van der Waals surface area contributed by atoms with Gasteiger partial charge in [-0.05, 0) is 54.1 Å². The van der Waals surface area contributed by atoms with Crippen LogP contribution in [0.15, 0.2) is 24.3 Å². The molecule has 0 spiro atoms. The van der Waals surface area contributed by atoms with E-state index in [1.165, 1.54) is 12.1 Å². The number of benzene rings is 1. The molecule has 0 bridgehead atoms. The maximum absolute atomic E-state index is 13.0. The number of tetrazole rings is 1. The van der Waals surface area contributed by atoms with Crippen LogP contribution in [0.25, 0.3) is 0 Å². The van der Waals surface area contributed by atoms with Crippen LogP contribution in [0.5, 0.6) is 0 Å². The maximum atomic E-state index is 13.0. The van der Waals surface area contributed by atoms with Gasteiger partial charge in [-0.15, -0.1) is 5.10 Å². The lowest BCUT2D eigenvalue weighted by Crippen LogP contribution is -2.31. The van der Waals surface area contributed by atoms with Crippen molar-refractivity contribution in [3.63, 3.8) is 0 Å². The number of hydrogen-bond donors (Lipinski definition) is 0. The fraction of sp³-hybridized carbons (Fsp3) is 0.588. The van der Waals surface area contributed by atoms with Crippen molar-refractivity contribution in [2.24, 2.45) is 0 Å². The second kappa shape index (κ2) is 8.30. The molecular weight excluding hydrogens is 307 g/mol. The maximum Gasteiger partial charge on any atom is 0.165 e. The number of rotatable bonds is 6. The van der Waals surface area contributed by atoms with Crippen LogP contribution < -0.4 is 0 Å². The summed E-state index contributed by atoms with van der Waals surface area (Å²) in [5.74, 6) is 0.773. The highest BCUT2D eigenvalue weighted by atomic mass is 19.1. The van der Waals surface area contributed by atoms with Crippen LogP contribution in [0.3, 0.4) is 0 Å². The SMILES string of the molecule is CCCn1nnnc1CN1CCCN(Cc2ccc(F)cc2)CC1. The second-order valence-electron chi connectivity index (χ2n) is 6.35. The third-order valence-electron chi connectivity index (χ3n) is 4.41. The van der Waals surface area contributed by atoms with Gasteiger partial charge in [0.1, 0.15) is 5.82 Å². The van der Waals surface area contributed by atoms with E-state index in [0.29, 0.717) is 0 Å². The molecule has 3 rings (SSSR count). The van der Waals surface area contributed by atoms with Gasteiger partial charge in [0.2, 0.25) is 0 Å². The molecule has 2 heterocycles. The van der Waals surface area contributed by atoms with Gasteiger partial charge in [-0.3, -0.25) is 9.80 Å². The molecule has 130 valence electrons. The third kappa shape index (κ3) is 4.58. The van der Waals surface area contributed by atoms with E-state index in [-0.39, 0.29) is 5.82 Å². The lowest BCUT2D eigenvalue weighted by Gasteiger charge is -2.21. The van der Waals surface area contributed by atoms with Gasteiger partial charge < -0.3 is 0 Å². The number of aromatic nitrogens is 4. The number of aryl methyl sites for hydroxylation is 1. The molecule has 0 radical (unpaired) electrons. The van der Waals surface area contributed by atoms with Crippen molar-refractivity contribution in [2.75, 3.05) is 26.2 Å². The summed E-state index contributed by atoms with van der Waals surface area (Å²) in [6.45, 7) is 8.80. The summed E-state index contributed by atoms with van der Waals surface area (Å²) < 4.78 is 14.9. The van der Waals surface area contributed by atoms with Crippen molar-refractivity contribution < 1.29 is 4.39 Å². The average molecular weight is 332 g/mol. The highest BCUT2D eigenvalue weighted by Crippen LogP contribution is 2.11. The first kappa shape index (κ1) is 17.0. The van der Waals surface area contributed by atoms with E-state index in [2.05, 4.69) is 32.2 Å². The summed E-state index contributed by atoms with van der Waals surface area (Å²) in [6.07, 6.45) is 2.15. The summed E-state index contributed by atoms with van der Waals surface area (Å²) in [7, 11) is 0. The topological polar surface area (TPSA) is 50.1 Å². The Kier molecular flexibility index (Phi) is 5.87. The van der Waals surface area contributed by atoms with Crippen molar-refractivity contribution in [1.29, 1.82) is 0 Å². The van der Waals surface area contributed by atoms with Crippen LogP contribution in [-0.2, 0) is 19.6 Å². The Labute approximate surface area is 142 Å². The van der Waals surface area contributed by atoms with E-state index in [9.17, 15) is 4.39 Å². The van der Waals surface area contributed by atoms with E-state index in [1.807, 2.05) is 16.8 Å². The lowest BCUT2D eigenvalue weighted by atomic mass is 10.2. The van der Waals surface area contributed by atoms with Crippen LogP contribution in [0.1, 0.15) is 31.2 Å². The van der Waals surface area contributed by atoms with Crippen molar-refractivity contribution in [3.8, 4) is 0 Å². The first-order valence-electron chi connectivity index (χ1n) is 8.69. The highest BCUT2D eigenvalue weighted by molar-refractivity contribution is 5.15.